The lowest BCUT2D eigenvalue weighted by atomic mass is 10.2. The zero-order valence-electron chi connectivity index (χ0n) is 12.9. The second-order valence-electron chi connectivity index (χ2n) is 4.65. The molecule has 0 aliphatic carbocycles. The quantitative estimate of drug-likeness (QED) is 0.377. The van der Waals surface area contributed by atoms with Gasteiger partial charge in [0.05, 0.1) is 25.9 Å². The Bertz CT molecular complexity index is 478. The van der Waals surface area contributed by atoms with E-state index in [1.165, 1.54) is 13.2 Å². The van der Waals surface area contributed by atoms with Gasteiger partial charge in [-0.2, -0.15) is 0 Å². The number of unbranched alkanes of at least 4 members (excludes halogenated alkanes) is 3. The average molecular weight is 306 g/mol. The first-order valence-electron chi connectivity index (χ1n) is 7.27. The van der Waals surface area contributed by atoms with E-state index >= 15 is 0 Å². The Balaban J connectivity index is 2.08. The maximum Gasteiger partial charge on any atom is 0.337 e. The van der Waals surface area contributed by atoms with Gasteiger partial charge < -0.3 is 14.2 Å². The van der Waals surface area contributed by atoms with E-state index in [-0.39, 0.29) is 11.9 Å². The first-order valence-corrected chi connectivity index (χ1v) is 7.27. The van der Waals surface area contributed by atoms with Crippen LogP contribution in [0.25, 0.3) is 0 Å². The van der Waals surface area contributed by atoms with Crippen molar-refractivity contribution in [2.75, 3.05) is 20.3 Å². The molecule has 0 aliphatic heterocycles. The smallest absolute Gasteiger partial charge is 0.337 e. The van der Waals surface area contributed by atoms with Gasteiger partial charge in [0.1, 0.15) is 5.75 Å². The molecule has 0 radical (unpaired) electrons. The number of benzene rings is 1. The van der Waals surface area contributed by atoms with Crippen molar-refractivity contribution >= 4 is 11.9 Å². The number of ether oxygens (including phenoxy) is 3. The molecule has 0 aliphatic rings. The summed E-state index contributed by atoms with van der Waals surface area (Å²) in [6.45, 7) is 4.38. The highest BCUT2D eigenvalue weighted by molar-refractivity contribution is 5.89. The third-order valence-corrected chi connectivity index (χ3v) is 2.99. The number of methoxy groups -OCH3 is 1. The van der Waals surface area contributed by atoms with Crippen LogP contribution in [0.2, 0.25) is 0 Å². The first kappa shape index (κ1) is 17.8. The van der Waals surface area contributed by atoms with Gasteiger partial charge in [0.25, 0.3) is 0 Å². The lowest BCUT2D eigenvalue weighted by molar-refractivity contribution is -0.137. The van der Waals surface area contributed by atoms with E-state index in [1.54, 1.807) is 24.3 Å². The Hall–Kier alpha value is -2.30. The minimum atomic E-state index is -0.376. The van der Waals surface area contributed by atoms with Crippen molar-refractivity contribution in [2.45, 2.75) is 25.7 Å². The molecule has 5 heteroatoms. The molecule has 0 spiro atoms. The molecule has 1 aromatic carbocycles. The second kappa shape index (κ2) is 10.4. The topological polar surface area (TPSA) is 61.8 Å². The van der Waals surface area contributed by atoms with Crippen molar-refractivity contribution in [3.05, 3.63) is 42.5 Å². The third-order valence-electron chi connectivity index (χ3n) is 2.99. The van der Waals surface area contributed by atoms with Crippen molar-refractivity contribution in [3.8, 4) is 5.75 Å². The Labute approximate surface area is 130 Å². The number of hydrogen-bond donors (Lipinski definition) is 0. The van der Waals surface area contributed by atoms with Gasteiger partial charge in [-0.3, -0.25) is 0 Å². The molecule has 0 aromatic heterocycles. The summed E-state index contributed by atoms with van der Waals surface area (Å²) in [5.41, 5.74) is 0.504. The van der Waals surface area contributed by atoms with E-state index in [0.717, 1.165) is 31.4 Å². The van der Waals surface area contributed by atoms with Crippen molar-refractivity contribution in [3.63, 3.8) is 0 Å². The summed E-state index contributed by atoms with van der Waals surface area (Å²) in [6.07, 6.45) is 4.92. The van der Waals surface area contributed by atoms with Crippen LogP contribution < -0.4 is 4.74 Å². The number of carbonyl (C=O) groups excluding carboxylic acids is 2. The van der Waals surface area contributed by atoms with E-state index in [4.69, 9.17) is 9.47 Å². The summed E-state index contributed by atoms with van der Waals surface area (Å²) in [7, 11) is 1.35. The zero-order chi connectivity index (χ0) is 16.2. The highest BCUT2D eigenvalue weighted by Crippen LogP contribution is 2.13. The zero-order valence-corrected chi connectivity index (χ0v) is 12.9. The van der Waals surface area contributed by atoms with E-state index in [1.807, 2.05) is 0 Å². The fourth-order valence-electron chi connectivity index (χ4n) is 1.78. The molecule has 0 atom stereocenters. The average Bonchev–Trinajstić information content (AvgIpc) is 2.56. The van der Waals surface area contributed by atoms with Gasteiger partial charge in [-0.15, -0.1) is 0 Å². The Morgan fingerprint density at radius 3 is 2.27 bits per heavy atom. The third kappa shape index (κ3) is 6.92. The maximum atomic E-state index is 11.3. The van der Waals surface area contributed by atoms with E-state index in [9.17, 15) is 9.59 Å². The molecule has 22 heavy (non-hydrogen) atoms. The first-order chi connectivity index (χ1) is 10.7. The number of hydrogen-bond acceptors (Lipinski definition) is 5. The minimum Gasteiger partial charge on any atom is -0.494 e. The van der Waals surface area contributed by atoms with Crippen molar-refractivity contribution in [2.24, 2.45) is 0 Å². The molecule has 0 saturated carbocycles. The number of carbonyl (C=O) groups is 2. The predicted molar refractivity (Wildman–Crippen MR) is 82.9 cm³/mol. The lowest BCUT2D eigenvalue weighted by Crippen LogP contribution is -2.03. The van der Waals surface area contributed by atoms with Gasteiger partial charge in [0, 0.05) is 6.08 Å². The van der Waals surface area contributed by atoms with Crippen LogP contribution in [-0.4, -0.2) is 32.3 Å². The maximum absolute atomic E-state index is 11.3. The molecule has 0 bridgehead atoms. The summed E-state index contributed by atoms with van der Waals surface area (Å²) >= 11 is 0. The van der Waals surface area contributed by atoms with Crippen LogP contribution in [0.5, 0.6) is 5.75 Å². The predicted octanol–water partition coefficient (Wildman–Crippen LogP) is 3.14. The molecule has 0 N–H and O–H groups in total. The fraction of sp³-hybridized carbons (Fsp3) is 0.412. The summed E-state index contributed by atoms with van der Waals surface area (Å²) in [5, 5.41) is 0. The standard InChI is InChI=1S/C17H22O5/c1-3-16(18)22-13-7-5-4-6-12-21-15-10-8-14(9-11-15)17(19)20-2/h3,8-11H,1,4-7,12-13H2,2H3. The van der Waals surface area contributed by atoms with Crippen molar-refractivity contribution in [1.82, 2.24) is 0 Å². The largest absolute Gasteiger partial charge is 0.494 e. The van der Waals surface area contributed by atoms with Gasteiger partial charge in [-0.25, -0.2) is 9.59 Å². The van der Waals surface area contributed by atoms with E-state index < -0.39 is 0 Å². The summed E-state index contributed by atoms with van der Waals surface area (Å²) in [6, 6.07) is 6.85. The normalized spacial score (nSPS) is 9.86. The Kier molecular flexibility index (Phi) is 8.42. The number of esters is 2. The van der Waals surface area contributed by atoms with Crippen LogP contribution in [0.4, 0.5) is 0 Å². The highest BCUT2D eigenvalue weighted by atomic mass is 16.5. The summed E-state index contributed by atoms with van der Waals surface area (Å²) in [5.74, 6) is -0.00462. The van der Waals surface area contributed by atoms with Gasteiger partial charge in [-0.1, -0.05) is 6.58 Å². The summed E-state index contributed by atoms with van der Waals surface area (Å²) < 4.78 is 15.1. The fourth-order valence-corrected chi connectivity index (χ4v) is 1.78. The van der Waals surface area contributed by atoms with Gasteiger partial charge in [0.15, 0.2) is 0 Å². The van der Waals surface area contributed by atoms with Crippen molar-refractivity contribution < 1.29 is 23.8 Å². The molecular formula is C17H22O5. The number of rotatable bonds is 10. The molecule has 0 saturated heterocycles. The van der Waals surface area contributed by atoms with Gasteiger partial charge >= 0.3 is 11.9 Å². The molecule has 1 aromatic rings. The highest BCUT2D eigenvalue weighted by Gasteiger charge is 2.04. The molecule has 1 rings (SSSR count). The van der Waals surface area contributed by atoms with Crippen LogP contribution in [0.15, 0.2) is 36.9 Å². The lowest BCUT2D eigenvalue weighted by Gasteiger charge is -2.07. The van der Waals surface area contributed by atoms with Crippen LogP contribution in [0.1, 0.15) is 36.0 Å². The Morgan fingerprint density at radius 1 is 1.05 bits per heavy atom. The Morgan fingerprint density at radius 2 is 1.68 bits per heavy atom. The van der Waals surface area contributed by atoms with Gasteiger partial charge in [0.2, 0.25) is 0 Å². The van der Waals surface area contributed by atoms with Crippen LogP contribution >= 0.6 is 0 Å². The minimum absolute atomic E-state index is 0.358. The van der Waals surface area contributed by atoms with Gasteiger partial charge in [-0.05, 0) is 49.9 Å². The van der Waals surface area contributed by atoms with E-state index in [0.29, 0.717) is 18.8 Å². The monoisotopic (exact) mass is 306 g/mol. The SMILES string of the molecule is C=CC(=O)OCCCCCCOc1ccc(C(=O)OC)cc1. The van der Waals surface area contributed by atoms with E-state index in [2.05, 4.69) is 11.3 Å². The summed E-state index contributed by atoms with van der Waals surface area (Å²) in [4.78, 5) is 22.1. The van der Waals surface area contributed by atoms with Crippen LogP contribution in [0, 0.1) is 0 Å². The second-order valence-corrected chi connectivity index (χ2v) is 4.65. The molecule has 0 heterocycles. The van der Waals surface area contributed by atoms with Crippen molar-refractivity contribution in [1.29, 1.82) is 0 Å². The van der Waals surface area contributed by atoms with Crippen LogP contribution in [0.3, 0.4) is 0 Å². The molecule has 0 amide bonds. The molecule has 120 valence electrons. The molecule has 0 fully saturated rings. The van der Waals surface area contributed by atoms with Crippen LogP contribution in [-0.2, 0) is 14.3 Å². The molecule has 0 unspecified atom stereocenters. The molecular weight excluding hydrogens is 284 g/mol. The molecule has 5 nitrogen and oxygen atoms in total.